The lowest BCUT2D eigenvalue weighted by Gasteiger charge is -2.18. The molecule has 1 amide bonds. The highest BCUT2D eigenvalue weighted by molar-refractivity contribution is 6.06. The highest BCUT2D eigenvalue weighted by atomic mass is 16.5. The zero-order valence-corrected chi connectivity index (χ0v) is 18.5. The molecule has 1 aromatic heterocycles. The summed E-state index contributed by atoms with van der Waals surface area (Å²) in [6.45, 7) is 5.57. The number of allylic oxidation sites excluding steroid dienone is 1. The smallest absolute Gasteiger partial charge is 0.302 e. The van der Waals surface area contributed by atoms with E-state index in [0.29, 0.717) is 23.1 Å². The molecule has 164 valence electrons. The summed E-state index contributed by atoms with van der Waals surface area (Å²) in [5.41, 5.74) is 3.07. The Bertz CT molecular complexity index is 1350. The Kier molecular flexibility index (Phi) is 6.04. The number of amides is 1. The fourth-order valence-corrected chi connectivity index (χ4v) is 3.08. The first-order valence-corrected chi connectivity index (χ1v) is 10.1. The maximum Gasteiger partial charge on any atom is 0.302 e. The zero-order valence-electron chi connectivity index (χ0n) is 18.5. The molecule has 33 heavy (non-hydrogen) atoms. The molecule has 8 nitrogen and oxygen atoms in total. The van der Waals surface area contributed by atoms with Gasteiger partial charge in [0, 0.05) is 42.6 Å². The Balaban J connectivity index is 1.54. The monoisotopic (exact) mass is 438 g/mol. The minimum Gasteiger partial charge on any atom is -0.439 e. The first-order chi connectivity index (χ1) is 15.9. The lowest BCUT2D eigenvalue weighted by molar-refractivity contribution is -0.113. The van der Waals surface area contributed by atoms with Crippen LogP contribution < -0.4 is 15.0 Å². The Morgan fingerprint density at radius 2 is 1.97 bits per heavy atom. The molecule has 0 atom stereocenters. The number of anilines is 3. The molecule has 1 N–H and O–H groups in total. The van der Waals surface area contributed by atoms with Crippen LogP contribution >= 0.6 is 0 Å². The lowest BCUT2D eigenvalue weighted by Crippen LogP contribution is -2.24. The molecule has 0 saturated carbocycles. The molecular formula is C25H22N6O2. The largest absolute Gasteiger partial charge is 0.439 e. The first-order valence-electron chi connectivity index (χ1n) is 10.1. The standard InChI is InChI=1S/C25H22N6O2/c1-5-6-24(32)31(4)19-9-12-22-21(14-19)25(27-15-26-22)29-18-7-10-20(11-8-18)33-23-13-17(2)30(3)16-28-23/h7-16H,2H2,1,3-4H3,(H,26,27,29). The van der Waals surface area contributed by atoms with Gasteiger partial charge in [-0.3, -0.25) is 4.79 Å². The Morgan fingerprint density at radius 1 is 1.18 bits per heavy atom. The summed E-state index contributed by atoms with van der Waals surface area (Å²) >= 11 is 0. The molecule has 0 radical (unpaired) electrons. The Labute approximate surface area is 191 Å². The predicted octanol–water partition coefficient (Wildman–Crippen LogP) is 4.07. The molecule has 1 aliphatic rings. The Morgan fingerprint density at radius 3 is 2.70 bits per heavy atom. The first kappa shape index (κ1) is 21.6. The zero-order chi connectivity index (χ0) is 23.4. The van der Waals surface area contributed by atoms with Gasteiger partial charge in [-0.25, -0.2) is 15.0 Å². The average molecular weight is 438 g/mol. The third-order valence-electron chi connectivity index (χ3n) is 4.98. The van der Waals surface area contributed by atoms with E-state index in [1.54, 1.807) is 26.4 Å². The summed E-state index contributed by atoms with van der Waals surface area (Å²) in [5, 5.41) is 4.09. The van der Waals surface area contributed by atoms with Crippen LogP contribution in [0.5, 0.6) is 5.75 Å². The topological polar surface area (TPSA) is 82.9 Å². The summed E-state index contributed by atoms with van der Waals surface area (Å²) in [6.07, 6.45) is 4.92. The van der Waals surface area contributed by atoms with Crippen molar-refractivity contribution >= 4 is 40.3 Å². The molecule has 0 unspecified atom stereocenters. The number of benzene rings is 2. The van der Waals surface area contributed by atoms with Crippen LogP contribution in [0.4, 0.5) is 17.2 Å². The van der Waals surface area contributed by atoms with Crippen molar-refractivity contribution in [3.05, 3.63) is 73.0 Å². The number of fused-ring (bicyclic) bond motifs is 1. The number of rotatable bonds is 5. The third-order valence-corrected chi connectivity index (χ3v) is 4.98. The number of nitrogens with zero attached hydrogens (tertiary/aromatic N) is 5. The summed E-state index contributed by atoms with van der Waals surface area (Å²) < 4.78 is 5.81. The number of carbonyl (C=O) groups is 1. The molecule has 2 aromatic carbocycles. The van der Waals surface area contributed by atoms with E-state index in [-0.39, 0.29) is 5.91 Å². The summed E-state index contributed by atoms with van der Waals surface area (Å²) in [6, 6.07) is 13.0. The normalized spacial score (nSPS) is 12.6. The number of aromatic nitrogens is 2. The van der Waals surface area contributed by atoms with Gasteiger partial charge in [0.2, 0.25) is 5.88 Å². The molecule has 8 heteroatoms. The van der Waals surface area contributed by atoms with Gasteiger partial charge >= 0.3 is 5.91 Å². The Hall–Kier alpha value is -4.64. The van der Waals surface area contributed by atoms with E-state index in [0.717, 1.165) is 22.3 Å². The summed E-state index contributed by atoms with van der Waals surface area (Å²) in [5.74, 6) is 6.63. The van der Waals surface area contributed by atoms with E-state index in [1.165, 1.54) is 11.2 Å². The molecule has 0 aliphatic carbocycles. The van der Waals surface area contributed by atoms with Crippen LogP contribution in [0.15, 0.2) is 78.0 Å². The highest BCUT2D eigenvalue weighted by Gasteiger charge is 2.12. The number of ether oxygens (including phenoxy) is 1. The van der Waals surface area contributed by atoms with Gasteiger partial charge in [0.25, 0.3) is 0 Å². The van der Waals surface area contributed by atoms with Gasteiger partial charge in [0.05, 0.1) is 11.9 Å². The minimum absolute atomic E-state index is 0.286. The van der Waals surface area contributed by atoms with Crippen LogP contribution in [0, 0.1) is 11.8 Å². The van der Waals surface area contributed by atoms with Crippen molar-refractivity contribution in [2.45, 2.75) is 6.92 Å². The van der Waals surface area contributed by atoms with Crippen LogP contribution in [0.3, 0.4) is 0 Å². The van der Waals surface area contributed by atoms with Crippen molar-refractivity contribution in [3.8, 4) is 17.6 Å². The number of likely N-dealkylation sites (N-methyl/N-ethyl adjacent to an activating group) is 1. The second-order valence-electron chi connectivity index (χ2n) is 7.24. The predicted molar refractivity (Wildman–Crippen MR) is 130 cm³/mol. The van der Waals surface area contributed by atoms with Gasteiger partial charge in [-0.15, -0.1) is 0 Å². The number of aliphatic imine (C=N–C) groups is 1. The molecule has 2 heterocycles. The SMILES string of the molecule is C=C1C=C(Oc2ccc(Nc3ncnc4ccc(N(C)C(=O)C#CC)cc34)cc2)N=CN1C. The summed E-state index contributed by atoms with van der Waals surface area (Å²) in [4.78, 5) is 28.4. The molecule has 0 bridgehead atoms. The number of hydrogen-bond acceptors (Lipinski definition) is 7. The van der Waals surface area contributed by atoms with Crippen molar-refractivity contribution < 1.29 is 9.53 Å². The van der Waals surface area contributed by atoms with Crippen molar-refractivity contribution in [2.75, 3.05) is 24.3 Å². The van der Waals surface area contributed by atoms with Crippen molar-refractivity contribution in [3.63, 3.8) is 0 Å². The fraction of sp³-hybridized carbons (Fsp3) is 0.120. The second-order valence-corrected chi connectivity index (χ2v) is 7.24. The minimum atomic E-state index is -0.286. The van der Waals surface area contributed by atoms with Gasteiger partial charge in [-0.1, -0.05) is 12.5 Å². The van der Waals surface area contributed by atoms with E-state index in [2.05, 4.69) is 38.7 Å². The van der Waals surface area contributed by atoms with Crippen LogP contribution in [0.1, 0.15) is 6.92 Å². The van der Waals surface area contributed by atoms with E-state index >= 15 is 0 Å². The van der Waals surface area contributed by atoms with Crippen molar-refractivity contribution in [1.29, 1.82) is 0 Å². The molecular weight excluding hydrogens is 416 g/mol. The molecule has 0 saturated heterocycles. The van der Waals surface area contributed by atoms with Gasteiger partial charge in [-0.2, -0.15) is 0 Å². The van der Waals surface area contributed by atoms with Gasteiger partial charge < -0.3 is 19.9 Å². The van der Waals surface area contributed by atoms with E-state index in [1.807, 2.05) is 54.4 Å². The summed E-state index contributed by atoms with van der Waals surface area (Å²) in [7, 11) is 3.55. The molecule has 1 aliphatic heterocycles. The lowest BCUT2D eigenvalue weighted by atomic mass is 10.2. The van der Waals surface area contributed by atoms with Gasteiger partial charge in [0.1, 0.15) is 17.9 Å². The second kappa shape index (κ2) is 9.24. The highest BCUT2D eigenvalue weighted by Crippen LogP contribution is 2.28. The van der Waals surface area contributed by atoms with Crippen LogP contribution in [0.25, 0.3) is 10.9 Å². The van der Waals surface area contributed by atoms with Gasteiger partial charge in [0.15, 0.2) is 0 Å². The number of hydrogen-bond donors (Lipinski definition) is 1. The average Bonchev–Trinajstić information content (AvgIpc) is 2.82. The maximum atomic E-state index is 12.1. The quantitative estimate of drug-likeness (QED) is 0.605. The van der Waals surface area contributed by atoms with Crippen LogP contribution in [0.2, 0.25) is 0 Å². The van der Waals surface area contributed by atoms with Gasteiger partial charge in [-0.05, 0) is 55.3 Å². The van der Waals surface area contributed by atoms with Crippen LogP contribution in [-0.2, 0) is 4.79 Å². The fourth-order valence-electron chi connectivity index (χ4n) is 3.08. The van der Waals surface area contributed by atoms with E-state index in [9.17, 15) is 4.79 Å². The van der Waals surface area contributed by atoms with E-state index < -0.39 is 0 Å². The molecule has 3 aromatic rings. The van der Waals surface area contributed by atoms with Crippen molar-refractivity contribution in [2.24, 2.45) is 4.99 Å². The number of carbonyl (C=O) groups excluding carboxylic acids is 1. The van der Waals surface area contributed by atoms with E-state index in [4.69, 9.17) is 4.74 Å². The van der Waals surface area contributed by atoms with Crippen LogP contribution in [-0.4, -0.2) is 41.2 Å². The van der Waals surface area contributed by atoms with Crippen molar-refractivity contribution in [1.82, 2.24) is 14.9 Å². The maximum absolute atomic E-state index is 12.1. The third kappa shape index (κ3) is 4.83. The molecule has 4 rings (SSSR count). The molecule has 0 fully saturated rings. The molecule has 0 spiro atoms. The number of nitrogens with one attached hydrogen (secondary N) is 1.